The predicted octanol–water partition coefficient (Wildman–Crippen LogP) is 0.477. The summed E-state index contributed by atoms with van der Waals surface area (Å²) in [6, 6.07) is 2.52. The molecule has 0 saturated carbocycles. The van der Waals surface area contributed by atoms with E-state index >= 15 is 0 Å². The van der Waals surface area contributed by atoms with Crippen molar-refractivity contribution >= 4 is 5.82 Å². The van der Waals surface area contributed by atoms with Crippen LogP contribution in [0.1, 0.15) is 24.1 Å². The quantitative estimate of drug-likeness (QED) is 0.765. The normalized spacial score (nSPS) is 21.4. The van der Waals surface area contributed by atoms with Crippen LogP contribution in [0.15, 0.2) is 6.07 Å². The Labute approximate surface area is 101 Å². The second-order valence-electron chi connectivity index (χ2n) is 4.80. The molecule has 0 aromatic carbocycles. The van der Waals surface area contributed by atoms with E-state index in [1.165, 1.54) is 5.56 Å². The molecule has 0 unspecified atom stereocenters. The average Bonchev–Trinajstić information content (AvgIpc) is 2.39. The van der Waals surface area contributed by atoms with E-state index in [9.17, 15) is 0 Å². The number of hydrogen-bond donors (Lipinski definition) is 1. The van der Waals surface area contributed by atoms with Gasteiger partial charge in [0.1, 0.15) is 0 Å². The fraction of sp³-hybridized carbons (Fsp3) is 0.667. The van der Waals surface area contributed by atoms with Gasteiger partial charge in [-0.15, -0.1) is 5.10 Å². The van der Waals surface area contributed by atoms with E-state index in [0.717, 1.165) is 50.5 Å². The van der Waals surface area contributed by atoms with Gasteiger partial charge in [-0.25, -0.2) is 0 Å². The van der Waals surface area contributed by atoms with Crippen molar-refractivity contribution in [1.29, 1.82) is 0 Å². The molecule has 3 heterocycles. The first kappa shape index (κ1) is 10.9. The number of rotatable bonds is 1. The van der Waals surface area contributed by atoms with Crippen molar-refractivity contribution in [2.45, 2.75) is 31.9 Å². The molecule has 1 aromatic rings. The summed E-state index contributed by atoms with van der Waals surface area (Å²) in [5.41, 5.74) is 8.19. The zero-order chi connectivity index (χ0) is 11.7. The topological polar surface area (TPSA) is 64.3 Å². The number of fused-ring (bicyclic) bond motifs is 1. The molecule has 0 aliphatic carbocycles. The molecule has 0 spiro atoms. The fourth-order valence-corrected chi connectivity index (χ4v) is 2.42. The van der Waals surface area contributed by atoms with E-state index in [1.54, 1.807) is 0 Å². The molecule has 2 N–H and O–H groups in total. The van der Waals surface area contributed by atoms with Gasteiger partial charge in [-0.3, -0.25) is 0 Å². The summed E-state index contributed by atoms with van der Waals surface area (Å²) in [6.07, 6.45) is 3.04. The number of nitrogens with zero attached hydrogens (tertiary/aromatic N) is 3. The lowest BCUT2D eigenvalue weighted by molar-refractivity contribution is 0.106. The van der Waals surface area contributed by atoms with Crippen LogP contribution in [0.5, 0.6) is 0 Å². The Morgan fingerprint density at radius 3 is 2.94 bits per heavy atom. The van der Waals surface area contributed by atoms with Crippen LogP contribution in [-0.2, 0) is 17.8 Å². The highest BCUT2D eigenvalue weighted by Gasteiger charge is 2.19. The maximum absolute atomic E-state index is 5.91. The van der Waals surface area contributed by atoms with Crippen LogP contribution in [0.3, 0.4) is 0 Å². The number of hydrogen-bond acceptors (Lipinski definition) is 5. The molecule has 2 aliphatic heterocycles. The summed E-state index contributed by atoms with van der Waals surface area (Å²) in [5.74, 6) is 0.998. The molecular formula is C12H18N4O. The zero-order valence-electron chi connectivity index (χ0n) is 9.93. The van der Waals surface area contributed by atoms with E-state index in [-0.39, 0.29) is 0 Å². The second-order valence-corrected chi connectivity index (χ2v) is 4.80. The zero-order valence-corrected chi connectivity index (χ0v) is 9.93. The first-order valence-corrected chi connectivity index (χ1v) is 6.26. The Morgan fingerprint density at radius 1 is 1.29 bits per heavy atom. The minimum absolute atomic E-state index is 0.352. The Balaban J connectivity index is 1.79. The lowest BCUT2D eigenvalue weighted by Gasteiger charge is -2.31. The van der Waals surface area contributed by atoms with Gasteiger partial charge in [-0.2, -0.15) is 5.10 Å². The number of nitrogens with two attached hydrogens (primary N) is 1. The fourth-order valence-electron chi connectivity index (χ4n) is 2.42. The van der Waals surface area contributed by atoms with Crippen LogP contribution in [0.2, 0.25) is 0 Å². The van der Waals surface area contributed by atoms with E-state index in [2.05, 4.69) is 21.2 Å². The summed E-state index contributed by atoms with van der Waals surface area (Å²) >= 11 is 0. The van der Waals surface area contributed by atoms with Gasteiger partial charge in [0.2, 0.25) is 0 Å². The molecule has 5 heteroatoms. The standard InChI is InChI=1S/C12H18N4O/c13-10-1-4-16(5-2-10)12-7-9-3-6-17-8-11(9)14-15-12/h7,10H,1-6,8,13H2. The van der Waals surface area contributed by atoms with Crippen molar-refractivity contribution in [3.8, 4) is 0 Å². The third-order valence-electron chi connectivity index (χ3n) is 3.57. The third-order valence-corrected chi connectivity index (χ3v) is 3.57. The third kappa shape index (κ3) is 2.25. The minimum Gasteiger partial charge on any atom is -0.375 e. The van der Waals surface area contributed by atoms with Crippen LogP contribution in [0.25, 0.3) is 0 Å². The van der Waals surface area contributed by atoms with Gasteiger partial charge >= 0.3 is 0 Å². The Morgan fingerprint density at radius 2 is 2.12 bits per heavy atom. The Hall–Kier alpha value is -1.20. The molecule has 2 aliphatic rings. The maximum atomic E-state index is 5.91. The first-order valence-electron chi connectivity index (χ1n) is 6.26. The Kier molecular flexibility index (Phi) is 2.94. The molecule has 3 rings (SSSR count). The summed E-state index contributed by atoms with van der Waals surface area (Å²) in [5, 5.41) is 8.56. The Bertz CT molecular complexity index is 401. The van der Waals surface area contributed by atoms with E-state index in [0.29, 0.717) is 12.6 Å². The largest absolute Gasteiger partial charge is 0.375 e. The van der Waals surface area contributed by atoms with Crippen LogP contribution < -0.4 is 10.6 Å². The monoisotopic (exact) mass is 234 g/mol. The second kappa shape index (κ2) is 4.58. The van der Waals surface area contributed by atoms with Crippen LogP contribution >= 0.6 is 0 Å². The molecule has 17 heavy (non-hydrogen) atoms. The van der Waals surface area contributed by atoms with Gasteiger partial charge in [0, 0.05) is 19.1 Å². The van der Waals surface area contributed by atoms with Gasteiger partial charge in [-0.05, 0) is 30.9 Å². The minimum atomic E-state index is 0.352. The molecule has 1 aromatic heterocycles. The molecule has 0 atom stereocenters. The molecule has 1 saturated heterocycles. The van der Waals surface area contributed by atoms with Crippen molar-refractivity contribution in [2.24, 2.45) is 5.73 Å². The molecular weight excluding hydrogens is 216 g/mol. The molecule has 92 valence electrons. The highest BCUT2D eigenvalue weighted by Crippen LogP contribution is 2.21. The van der Waals surface area contributed by atoms with Crippen molar-refractivity contribution in [1.82, 2.24) is 10.2 Å². The van der Waals surface area contributed by atoms with Crippen molar-refractivity contribution in [3.63, 3.8) is 0 Å². The van der Waals surface area contributed by atoms with Crippen molar-refractivity contribution in [2.75, 3.05) is 24.6 Å². The molecule has 0 radical (unpaired) electrons. The maximum Gasteiger partial charge on any atom is 0.151 e. The van der Waals surface area contributed by atoms with Crippen molar-refractivity contribution in [3.05, 3.63) is 17.3 Å². The van der Waals surface area contributed by atoms with Crippen molar-refractivity contribution < 1.29 is 4.74 Å². The summed E-state index contributed by atoms with van der Waals surface area (Å²) < 4.78 is 5.36. The van der Waals surface area contributed by atoms with Crippen LogP contribution in [-0.4, -0.2) is 35.9 Å². The number of aromatic nitrogens is 2. The average molecular weight is 234 g/mol. The number of anilines is 1. The SMILES string of the molecule is NC1CCN(c2cc3c(nn2)COCC3)CC1. The van der Waals surface area contributed by atoms with E-state index in [1.807, 2.05) is 0 Å². The smallest absolute Gasteiger partial charge is 0.151 e. The first-order chi connectivity index (χ1) is 8.33. The molecule has 0 amide bonds. The highest BCUT2D eigenvalue weighted by atomic mass is 16.5. The van der Waals surface area contributed by atoms with Crippen LogP contribution in [0.4, 0.5) is 5.82 Å². The molecule has 0 bridgehead atoms. The van der Waals surface area contributed by atoms with Gasteiger partial charge in [0.05, 0.1) is 18.9 Å². The van der Waals surface area contributed by atoms with Gasteiger partial charge < -0.3 is 15.4 Å². The predicted molar refractivity (Wildman–Crippen MR) is 64.8 cm³/mol. The highest BCUT2D eigenvalue weighted by molar-refractivity contribution is 5.42. The number of piperidine rings is 1. The summed E-state index contributed by atoms with van der Waals surface area (Å²) in [6.45, 7) is 3.38. The summed E-state index contributed by atoms with van der Waals surface area (Å²) in [7, 11) is 0. The lowest BCUT2D eigenvalue weighted by atomic mass is 10.1. The van der Waals surface area contributed by atoms with Gasteiger partial charge in [-0.1, -0.05) is 0 Å². The molecule has 5 nitrogen and oxygen atoms in total. The number of ether oxygens (including phenoxy) is 1. The molecule has 1 fully saturated rings. The van der Waals surface area contributed by atoms with E-state index < -0.39 is 0 Å². The lowest BCUT2D eigenvalue weighted by Crippen LogP contribution is -2.40. The van der Waals surface area contributed by atoms with Crippen LogP contribution in [0, 0.1) is 0 Å². The van der Waals surface area contributed by atoms with E-state index in [4.69, 9.17) is 10.5 Å². The summed E-state index contributed by atoms with van der Waals surface area (Å²) in [4.78, 5) is 2.28. The van der Waals surface area contributed by atoms with Gasteiger partial charge in [0.25, 0.3) is 0 Å². The van der Waals surface area contributed by atoms with Gasteiger partial charge in [0.15, 0.2) is 5.82 Å².